The first-order chi connectivity index (χ1) is 14.4. The van der Waals surface area contributed by atoms with Gasteiger partial charge < -0.3 is 19.7 Å². The Kier molecular flexibility index (Phi) is 6.27. The van der Waals surface area contributed by atoms with Crippen LogP contribution in [-0.4, -0.2) is 50.3 Å². The smallest absolute Gasteiger partial charge is 0.289 e. The van der Waals surface area contributed by atoms with Crippen molar-refractivity contribution >= 4 is 17.6 Å². The molecule has 1 saturated heterocycles. The van der Waals surface area contributed by atoms with Crippen LogP contribution in [0.15, 0.2) is 28.8 Å². The summed E-state index contributed by atoms with van der Waals surface area (Å²) >= 11 is 0. The summed E-state index contributed by atoms with van der Waals surface area (Å²) in [4.78, 5) is 26.9. The van der Waals surface area contributed by atoms with E-state index in [4.69, 9.17) is 4.42 Å². The molecule has 1 aliphatic rings. The molecule has 0 atom stereocenters. The molecular weight excluding hydrogens is 396 g/mol. The summed E-state index contributed by atoms with van der Waals surface area (Å²) in [6.07, 6.45) is 3.12. The number of nitrogens with zero attached hydrogens (tertiary/aromatic N) is 3. The molecule has 0 aliphatic carbocycles. The van der Waals surface area contributed by atoms with Gasteiger partial charge in [-0.05, 0) is 44.7 Å². The van der Waals surface area contributed by atoms with Crippen molar-refractivity contribution < 1.29 is 19.1 Å². The van der Waals surface area contributed by atoms with Crippen LogP contribution >= 0.6 is 0 Å². The van der Waals surface area contributed by atoms with Crippen molar-refractivity contribution in [2.24, 2.45) is 5.41 Å². The van der Waals surface area contributed by atoms with Crippen LogP contribution in [0.25, 0.3) is 0 Å². The Hall–Kier alpha value is -3.05. The molecule has 8 nitrogen and oxygen atoms in total. The minimum atomic E-state index is -1.13. The van der Waals surface area contributed by atoms with Gasteiger partial charge in [0.1, 0.15) is 11.4 Å². The summed E-state index contributed by atoms with van der Waals surface area (Å²) in [5.74, 6) is 6.40. The molecule has 3 heterocycles. The highest BCUT2D eigenvalue weighted by Crippen LogP contribution is 2.27. The lowest BCUT2D eigenvalue weighted by molar-refractivity contribution is -0.123. The molecule has 1 aliphatic heterocycles. The van der Waals surface area contributed by atoms with Crippen molar-refractivity contribution in [3.63, 3.8) is 0 Å². The number of hydrogen-bond acceptors (Lipinski definition) is 5. The summed E-state index contributed by atoms with van der Waals surface area (Å²) in [5.41, 5.74) is -1.62. The molecule has 2 aromatic heterocycles. The van der Waals surface area contributed by atoms with Gasteiger partial charge >= 0.3 is 0 Å². The Morgan fingerprint density at radius 1 is 1.16 bits per heavy atom. The van der Waals surface area contributed by atoms with Gasteiger partial charge in [-0.3, -0.25) is 9.59 Å². The molecule has 0 radical (unpaired) electrons. The highest BCUT2D eigenvalue weighted by Gasteiger charge is 2.29. The molecule has 166 valence electrons. The quantitative estimate of drug-likeness (QED) is 0.735. The number of carbonyl (C=O) groups is 2. The number of hydrogen-bond donors (Lipinski definition) is 2. The second-order valence-corrected chi connectivity index (χ2v) is 9.36. The molecule has 0 bridgehead atoms. The number of nitrogens with one attached hydrogen (secondary N) is 1. The molecule has 0 aromatic carbocycles. The average molecular weight is 427 g/mol. The molecule has 2 amide bonds. The Balaban J connectivity index is 1.61. The lowest BCUT2D eigenvalue weighted by atomic mass is 9.96. The van der Waals surface area contributed by atoms with Gasteiger partial charge in [0.25, 0.3) is 5.91 Å². The van der Waals surface area contributed by atoms with Gasteiger partial charge in [0.05, 0.1) is 12.2 Å². The Morgan fingerprint density at radius 3 is 2.45 bits per heavy atom. The van der Waals surface area contributed by atoms with Crippen molar-refractivity contribution in [2.75, 3.05) is 18.4 Å². The number of aliphatic hydroxyl groups is 1. The third kappa shape index (κ3) is 5.76. The fourth-order valence-electron chi connectivity index (χ4n) is 3.21. The lowest BCUT2D eigenvalue weighted by Gasteiger charge is -2.32. The Labute approximate surface area is 182 Å². The first-order valence-electron chi connectivity index (χ1n) is 10.4. The predicted molar refractivity (Wildman–Crippen MR) is 116 cm³/mol. The molecule has 0 spiro atoms. The summed E-state index contributed by atoms with van der Waals surface area (Å²) in [6.45, 7) is 9.87. The second kappa shape index (κ2) is 8.60. The van der Waals surface area contributed by atoms with E-state index in [9.17, 15) is 14.7 Å². The molecule has 8 heteroatoms. The van der Waals surface area contributed by atoms with Crippen LogP contribution in [0.4, 0.5) is 5.82 Å². The number of anilines is 1. The lowest BCUT2D eigenvalue weighted by Crippen LogP contribution is -2.39. The second-order valence-electron chi connectivity index (χ2n) is 9.36. The van der Waals surface area contributed by atoms with Crippen LogP contribution in [0.5, 0.6) is 0 Å². The fourth-order valence-corrected chi connectivity index (χ4v) is 3.21. The van der Waals surface area contributed by atoms with E-state index in [0.29, 0.717) is 24.7 Å². The first-order valence-corrected chi connectivity index (χ1v) is 10.4. The predicted octanol–water partition coefficient (Wildman–Crippen LogP) is 3.06. The van der Waals surface area contributed by atoms with Crippen LogP contribution in [0.3, 0.4) is 0 Å². The summed E-state index contributed by atoms with van der Waals surface area (Å²) in [5, 5.41) is 17.0. The molecule has 2 N–H and O–H groups in total. The number of aromatic nitrogens is 2. The molecule has 0 unspecified atom stereocenters. The Morgan fingerprint density at radius 2 is 1.84 bits per heavy atom. The number of furan rings is 1. The summed E-state index contributed by atoms with van der Waals surface area (Å²) < 4.78 is 7.38. The molecule has 3 rings (SSSR count). The number of rotatable bonds is 3. The van der Waals surface area contributed by atoms with Crippen LogP contribution in [0.2, 0.25) is 0 Å². The SMILES string of the molecule is CC(C)(O)C#Cc1ccc(C(=O)N2CCC(n3nccc3NC(=O)C(C)(C)C)CC2)o1. The van der Waals surface area contributed by atoms with Crippen LogP contribution in [0.1, 0.15) is 69.8 Å². The van der Waals surface area contributed by atoms with E-state index in [2.05, 4.69) is 22.3 Å². The standard InChI is InChI=1S/C23H30N4O4/c1-22(2,3)21(29)25-19-9-13-24-27(19)16-10-14-26(15-11-16)20(28)18-7-6-17(31-18)8-12-23(4,5)30/h6-7,9,13,16,30H,10-11,14-15H2,1-5H3,(H,25,29). The largest absolute Gasteiger partial charge is 0.443 e. The molecule has 1 fully saturated rings. The maximum atomic E-state index is 12.8. The third-order valence-corrected chi connectivity index (χ3v) is 5.00. The molecule has 2 aromatic rings. The molecule has 0 saturated carbocycles. The van der Waals surface area contributed by atoms with E-state index >= 15 is 0 Å². The van der Waals surface area contributed by atoms with E-state index in [1.165, 1.54) is 0 Å². The van der Waals surface area contributed by atoms with Crippen molar-refractivity contribution in [2.45, 2.75) is 59.1 Å². The zero-order valence-electron chi connectivity index (χ0n) is 18.7. The molecule has 31 heavy (non-hydrogen) atoms. The molecular formula is C23H30N4O4. The Bertz CT molecular complexity index is 1000. The zero-order valence-corrected chi connectivity index (χ0v) is 18.7. The van der Waals surface area contributed by atoms with Crippen molar-refractivity contribution in [3.8, 4) is 11.8 Å². The van der Waals surface area contributed by atoms with Gasteiger partial charge in [-0.15, -0.1) is 0 Å². The summed E-state index contributed by atoms with van der Waals surface area (Å²) in [7, 11) is 0. The maximum absolute atomic E-state index is 12.8. The van der Waals surface area contributed by atoms with E-state index in [-0.39, 0.29) is 23.6 Å². The van der Waals surface area contributed by atoms with Crippen molar-refractivity contribution in [1.82, 2.24) is 14.7 Å². The minimum absolute atomic E-state index is 0.0665. The number of likely N-dealkylation sites (tertiary alicyclic amines) is 1. The van der Waals surface area contributed by atoms with Crippen molar-refractivity contribution in [3.05, 3.63) is 35.9 Å². The van der Waals surface area contributed by atoms with Gasteiger partial charge in [-0.1, -0.05) is 26.7 Å². The minimum Gasteiger partial charge on any atom is -0.443 e. The fraction of sp³-hybridized carbons (Fsp3) is 0.522. The summed E-state index contributed by atoms with van der Waals surface area (Å²) in [6, 6.07) is 5.13. The topological polar surface area (TPSA) is 101 Å². The van der Waals surface area contributed by atoms with Gasteiger partial charge in [-0.25, -0.2) is 4.68 Å². The van der Waals surface area contributed by atoms with Gasteiger partial charge in [0.2, 0.25) is 5.91 Å². The van der Waals surface area contributed by atoms with E-state index in [1.54, 1.807) is 43.1 Å². The van der Waals surface area contributed by atoms with Crippen LogP contribution in [0, 0.1) is 17.3 Å². The normalized spacial score (nSPS) is 15.4. The number of piperidine rings is 1. The van der Waals surface area contributed by atoms with Gasteiger partial charge in [0.15, 0.2) is 11.5 Å². The van der Waals surface area contributed by atoms with Crippen LogP contribution in [-0.2, 0) is 4.79 Å². The van der Waals surface area contributed by atoms with E-state index < -0.39 is 11.0 Å². The van der Waals surface area contributed by atoms with Gasteiger partial charge in [-0.2, -0.15) is 5.10 Å². The zero-order chi connectivity index (χ0) is 22.8. The number of amides is 2. The van der Waals surface area contributed by atoms with E-state index in [1.807, 2.05) is 25.5 Å². The van der Waals surface area contributed by atoms with Crippen molar-refractivity contribution in [1.29, 1.82) is 0 Å². The average Bonchev–Trinajstić information content (AvgIpc) is 3.34. The first kappa shape index (κ1) is 22.6. The van der Waals surface area contributed by atoms with Gasteiger partial charge in [0, 0.05) is 24.6 Å². The third-order valence-electron chi connectivity index (χ3n) is 5.00. The highest BCUT2D eigenvalue weighted by molar-refractivity contribution is 5.93. The van der Waals surface area contributed by atoms with Crippen LogP contribution < -0.4 is 5.32 Å². The highest BCUT2D eigenvalue weighted by atomic mass is 16.4. The monoisotopic (exact) mass is 426 g/mol. The van der Waals surface area contributed by atoms with E-state index in [0.717, 1.165) is 12.8 Å². The maximum Gasteiger partial charge on any atom is 0.289 e. The number of carbonyl (C=O) groups excluding carboxylic acids is 2.